The normalized spacial score (nSPS) is 14.9. The summed E-state index contributed by atoms with van der Waals surface area (Å²) >= 11 is 0. The van der Waals surface area contributed by atoms with Gasteiger partial charge in [0, 0.05) is 16.7 Å². The first kappa shape index (κ1) is 14.5. The molecule has 2 aromatic rings. The summed E-state index contributed by atoms with van der Waals surface area (Å²) < 4.78 is 37.6. The molecule has 0 radical (unpaired) electrons. The van der Waals surface area contributed by atoms with Crippen LogP contribution in [0.25, 0.3) is 10.8 Å². The van der Waals surface area contributed by atoms with Crippen LogP contribution in [0.5, 0.6) is 0 Å². The molecule has 0 spiro atoms. The Hall–Kier alpha value is -2.47. The zero-order chi connectivity index (χ0) is 15.6. The van der Waals surface area contributed by atoms with E-state index < -0.39 is 11.7 Å². The van der Waals surface area contributed by atoms with Crippen molar-refractivity contribution in [3.05, 3.63) is 71.3 Å². The molecule has 2 aromatic carbocycles. The van der Waals surface area contributed by atoms with Crippen molar-refractivity contribution in [2.45, 2.75) is 19.0 Å². The average Bonchev–Trinajstić information content (AvgIpc) is 2.52. The molecule has 0 bridgehead atoms. The third-order valence-electron chi connectivity index (χ3n) is 3.63. The molecule has 3 rings (SSSR count). The van der Waals surface area contributed by atoms with Crippen LogP contribution < -0.4 is 0 Å². The second-order valence-electron chi connectivity index (χ2n) is 5.19. The van der Waals surface area contributed by atoms with E-state index in [0.29, 0.717) is 6.42 Å². The van der Waals surface area contributed by atoms with Gasteiger partial charge in [-0.05, 0) is 35.7 Å². The molecule has 0 N–H and O–H groups in total. The number of benzene rings is 2. The van der Waals surface area contributed by atoms with Crippen LogP contribution in [0.15, 0.2) is 65.8 Å². The van der Waals surface area contributed by atoms with Gasteiger partial charge in [0.1, 0.15) is 0 Å². The van der Waals surface area contributed by atoms with E-state index in [1.54, 1.807) is 0 Å². The van der Waals surface area contributed by atoms with Gasteiger partial charge in [-0.25, -0.2) is 0 Å². The van der Waals surface area contributed by atoms with E-state index in [4.69, 9.17) is 0 Å². The quantitative estimate of drug-likeness (QED) is 0.571. The topological polar surface area (TPSA) is 0 Å². The maximum absolute atomic E-state index is 12.5. The maximum Gasteiger partial charge on any atom is 0.412 e. The number of alkyl halides is 3. The lowest BCUT2D eigenvalue weighted by Crippen LogP contribution is -2.13. The highest BCUT2D eigenvalue weighted by Crippen LogP contribution is 2.32. The van der Waals surface area contributed by atoms with Crippen molar-refractivity contribution < 1.29 is 13.2 Å². The largest absolute Gasteiger partial charge is 0.412 e. The van der Waals surface area contributed by atoms with Crippen molar-refractivity contribution >= 4 is 10.8 Å². The molecule has 1 aliphatic carbocycles. The van der Waals surface area contributed by atoms with E-state index in [2.05, 4.69) is 11.8 Å². The molecule has 0 saturated carbocycles. The fourth-order valence-corrected chi connectivity index (χ4v) is 2.40. The molecular formula is C19H13F3. The highest BCUT2D eigenvalue weighted by molar-refractivity contribution is 5.83. The Labute approximate surface area is 127 Å². The van der Waals surface area contributed by atoms with Gasteiger partial charge in [-0.15, -0.1) is 0 Å². The Kier molecular flexibility index (Phi) is 3.77. The highest BCUT2D eigenvalue weighted by Gasteiger charge is 2.33. The van der Waals surface area contributed by atoms with E-state index in [1.807, 2.05) is 42.5 Å². The van der Waals surface area contributed by atoms with Crippen molar-refractivity contribution in [2.24, 2.45) is 0 Å². The summed E-state index contributed by atoms with van der Waals surface area (Å²) in [6, 6.07) is 13.9. The predicted molar refractivity (Wildman–Crippen MR) is 82.3 cm³/mol. The van der Waals surface area contributed by atoms with E-state index in [-0.39, 0.29) is 6.42 Å². The molecule has 0 heterocycles. The molecule has 0 unspecified atom stereocenters. The predicted octanol–water partition coefficient (Wildman–Crippen LogP) is 5.40. The van der Waals surface area contributed by atoms with Crippen molar-refractivity contribution in [1.82, 2.24) is 0 Å². The zero-order valence-electron chi connectivity index (χ0n) is 11.7. The monoisotopic (exact) mass is 298 g/mol. The Morgan fingerprint density at radius 3 is 2.27 bits per heavy atom. The Morgan fingerprint density at radius 2 is 1.59 bits per heavy atom. The molecule has 110 valence electrons. The van der Waals surface area contributed by atoms with Crippen LogP contribution in [-0.2, 0) is 0 Å². The fraction of sp³-hybridized carbons (Fsp3) is 0.158. The summed E-state index contributed by atoms with van der Waals surface area (Å²) in [7, 11) is 0. The van der Waals surface area contributed by atoms with Crippen LogP contribution in [0.3, 0.4) is 0 Å². The summed E-state index contributed by atoms with van der Waals surface area (Å²) in [5.74, 6) is 6.01. The standard InChI is InChI=1S/C19H13F3/c20-19(21,22)18-11-8-14(9-12-18)5-6-15-7-10-16-3-1-2-4-17(16)13-15/h1-4,7-8,10-11,13H,9,12H2. The smallest absolute Gasteiger partial charge is 0.166 e. The van der Waals surface area contributed by atoms with Gasteiger partial charge in [-0.2, -0.15) is 13.2 Å². The zero-order valence-corrected chi connectivity index (χ0v) is 11.7. The van der Waals surface area contributed by atoms with E-state index in [1.165, 1.54) is 6.08 Å². The fourth-order valence-electron chi connectivity index (χ4n) is 2.40. The van der Waals surface area contributed by atoms with Gasteiger partial charge in [-0.1, -0.05) is 54.3 Å². The Balaban J connectivity index is 1.83. The van der Waals surface area contributed by atoms with Crippen LogP contribution in [0.2, 0.25) is 0 Å². The van der Waals surface area contributed by atoms with Gasteiger partial charge in [-0.3, -0.25) is 0 Å². The molecule has 22 heavy (non-hydrogen) atoms. The molecule has 0 aliphatic heterocycles. The number of hydrogen-bond donors (Lipinski definition) is 0. The summed E-state index contributed by atoms with van der Waals surface area (Å²) in [6.07, 6.45) is -1.28. The van der Waals surface area contributed by atoms with Crippen LogP contribution in [0.4, 0.5) is 13.2 Å². The lowest BCUT2D eigenvalue weighted by Gasteiger charge is -2.14. The second-order valence-corrected chi connectivity index (χ2v) is 5.19. The van der Waals surface area contributed by atoms with Gasteiger partial charge >= 0.3 is 6.18 Å². The van der Waals surface area contributed by atoms with Gasteiger partial charge in [0.05, 0.1) is 0 Å². The molecular weight excluding hydrogens is 285 g/mol. The summed E-state index contributed by atoms with van der Waals surface area (Å²) in [4.78, 5) is 0. The van der Waals surface area contributed by atoms with Crippen LogP contribution in [-0.4, -0.2) is 6.18 Å². The van der Waals surface area contributed by atoms with Crippen molar-refractivity contribution in [2.75, 3.05) is 0 Å². The van der Waals surface area contributed by atoms with Crippen LogP contribution >= 0.6 is 0 Å². The van der Waals surface area contributed by atoms with E-state index >= 15 is 0 Å². The lowest BCUT2D eigenvalue weighted by atomic mass is 9.98. The van der Waals surface area contributed by atoms with Crippen molar-refractivity contribution in [1.29, 1.82) is 0 Å². The summed E-state index contributed by atoms with van der Waals surface area (Å²) in [5, 5.41) is 2.24. The van der Waals surface area contributed by atoms with Crippen LogP contribution in [0, 0.1) is 11.8 Å². The minimum absolute atomic E-state index is 0.00172. The van der Waals surface area contributed by atoms with E-state index in [9.17, 15) is 13.2 Å². The second kappa shape index (κ2) is 5.73. The third kappa shape index (κ3) is 3.23. The number of allylic oxidation sites excluding steroid dienone is 4. The first-order valence-electron chi connectivity index (χ1n) is 7.00. The Bertz CT molecular complexity index is 827. The van der Waals surface area contributed by atoms with Crippen LogP contribution in [0.1, 0.15) is 18.4 Å². The average molecular weight is 298 g/mol. The van der Waals surface area contributed by atoms with Crippen molar-refractivity contribution in [3.63, 3.8) is 0 Å². The molecule has 0 saturated heterocycles. The van der Waals surface area contributed by atoms with Crippen molar-refractivity contribution in [3.8, 4) is 11.8 Å². The number of fused-ring (bicyclic) bond motifs is 1. The third-order valence-corrected chi connectivity index (χ3v) is 3.63. The minimum Gasteiger partial charge on any atom is -0.166 e. The van der Waals surface area contributed by atoms with Gasteiger partial charge in [0.25, 0.3) is 0 Å². The molecule has 0 amide bonds. The number of halogens is 3. The Morgan fingerprint density at radius 1 is 0.818 bits per heavy atom. The maximum atomic E-state index is 12.5. The summed E-state index contributed by atoms with van der Waals surface area (Å²) in [6.45, 7) is 0. The first-order chi connectivity index (χ1) is 10.5. The van der Waals surface area contributed by atoms with Gasteiger partial charge in [0.15, 0.2) is 0 Å². The number of rotatable bonds is 0. The van der Waals surface area contributed by atoms with Gasteiger partial charge < -0.3 is 0 Å². The highest BCUT2D eigenvalue weighted by atomic mass is 19.4. The van der Waals surface area contributed by atoms with Gasteiger partial charge in [0.2, 0.25) is 0 Å². The minimum atomic E-state index is -4.23. The number of hydrogen-bond acceptors (Lipinski definition) is 0. The molecule has 0 fully saturated rings. The molecule has 0 aromatic heterocycles. The SMILES string of the molecule is FC(F)(F)C1=CC=C(C#Cc2ccc3ccccc3c2)CC1. The molecule has 1 aliphatic rings. The van der Waals surface area contributed by atoms with E-state index in [0.717, 1.165) is 28.0 Å². The molecule has 0 nitrogen and oxygen atoms in total. The first-order valence-corrected chi connectivity index (χ1v) is 7.00. The molecule has 0 atom stereocenters. The lowest BCUT2D eigenvalue weighted by molar-refractivity contribution is -0.0940. The molecule has 3 heteroatoms. The summed E-state index contributed by atoms with van der Waals surface area (Å²) in [5.41, 5.74) is 1.12.